The number of aryl methyl sites for hydroxylation is 3. The lowest BCUT2D eigenvalue weighted by Gasteiger charge is -2.25. The predicted octanol–water partition coefficient (Wildman–Crippen LogP) is 6.42. The maximum absolute atomic E-state index is 6.96. The van der Waals surface area contributed by atoms with Gasteiger partial charge in [0.25, 0.3) is 0 Å². The summed E-state index contributed by atoms with van der Waals surface area (Å²) in [7, 11) is -0.932. The smallest absolute Gasteiger partial charge is 0.105 e. The minimum absolute atomic E-state index is 0.0176. The summed E-state index contributed by atoms with van der Waals surface area (Å²) in [5, 5.41) is 2.58. The Morgan fingerprint density at radius 1 is 0.742 bits per heavy atom. The van der Waals surface area contributed by atoms with E-state index in [1.807, 2.05) is 6.07 Å². The molecule has 0 radical (unpaired) electrons. The molecule has 0 amide bonds. The molecule has 3 aromatic carbocycles. The monoisotopic (exact) mass is 423 g/mol. The molecular formula is C28H26NOP. The van der Waals surface area contributed by atoms with Gasteiger partial charge in [-0.15, -0.1) is 0 Å². The van der Waals surface area contributed by atoms with Crippen LogP contribution in [0.1, 0.15) is 34.9 Å². The van der Waals surface area contributed by atoms with Crippen molar-refractivity contribution in [2.45, 2.75) is 32.8 Å². The molecule has 1 atom stereocenters. The molecule has 1 unspecified atom stereocenters. The van der Waals surface area contributed by atoms with Crippen LogP contribution in [0.2, 0.25) is 0 Å². The van der Waals surface area contributed by atoms with Gasteiger partial charge in [-0.25, -0.2) is 4.98 Å². The van der Waals surface area contributed by atoms with Crippen molar-refractivity contribution in [2.75, 3.05) is 0 Å². The fourth-order valence-electron chi connectivity index (χ4n) is 4.24. The molecule has 0 saturated carbocycles. The zero-order chi connectivity index (χ0) is 21.2. The van der Waals surface area contributed by atoms with Gasteiger partial charge in [-0.3, -0.25) is 0 Å². The van der Waals surface area contributed by atoms with Crippen molar-refractivity contribution in [3.8, 4) is 11.3 Å². The first-order valence-electron chi connectivity index (χ1n) is 10.8. The summed E-state index contributed by atoms with van der Waals surface area (Å²) in [5.74, 6) is 0. The Balaban J connectivity index is 1.53. The van der Waals surface area contributed by atoms with E-state index in [9.17, 15) is 0 Å². The lowest BCUT2D eigenvalue weighted by atomic mass is 10.1. The molecule has 0 bridgehead atoms. The highest BCUT2D eigenvalue weighted by Crippen LogP contribution is 2.46. The van der Waals surface area contributed by atoms with E-state index in [0.29, 0.717) is 0 Å². The molecular weight excluding hydrogens is 397 g/mol. The van der Waals surface area contributed by atoms with Crippen LogP contribution in [0.4, 0.5) is 0 Å². The molecule has 0 N–H and O–H groups in total. The predicted molar refractivity (Wildman–Crippen MR) is 130 cm³/mol. The zero-order valence-corrected chi connectivity index (χ0v) is 18.8. The molecule has 31 heavy (non-hydrogen) atoms. The molecule has 5 rings (SSSR count). The number of pyridine rings is 1. The van der Waals surface area contributed by atoms with Crippen LogP contribution < -0.4 is 10.6 Å². The minimum Gasteiger partial charge on any atom is -0.340 e. The quantitative estimate of drug-likeness (QED) is 0.346. The highest BCUT2D eigenvalue weighted by Gasteiger charge is 2.30. The third-order valence-corrected chi connectivity index (χ3v) is 8.31. The van der Waals surface area contributed by atoms with Gasteiger partial charge in [-0.1, -0.05) is 84.9 Å². The maximum Gasteiger partial charge on any atom is 0.105 e. The molecule has 154 valence electrons. The van der Waals surface area contributed by atoms with E-state index in [4.69, 9.17) is 9.51 Å². The first kappa shape index (κ1) is 20.1. The molecule has 1 aromatic heterocycles. The first-order chi connectivity index (χ1) is 15.2. The second kappa shape index (κ2) is 8.75. The topological polar surface area (TPSA) is 22.1 Å². The Bertz CT molecular complexity index is 1160. The third-order valence-electron chi connectivity index (χ3n) is 5.96. The highest BCUT2D eigenvalue weighted by atomic mass is 31.1. The van der Waals surface area contributed by atoms with Gasteiger partial charge < -0.3 is 4.52 Å². The molecule has 3 heteroatoms. The number of hydrogen-bond acceptors (Lipinski definition) is 2. The summed E-state index contributed by atoms with van der Waals surface area (Å²) in [5.41, 5.74) is 7.15. The van der Waals surface area contributed by atoms with Gasteiger partial charge in [0.1, 0.15) is 6.10 Å². The van der Waals surface area contributed by atoms with Crippen molar-refractivity contribution in [1.29, 1.82) is 0 Å². The van der Waals surface area contributed by atoms with E-state index in [1.165, 1.54) is 27.3 Å². The summed E-state index contributed by atoms with van der Waals surface area (Å²) >= 11 is 0. The standard InChI is InChI=1S/C28H26NOP/c1-20-10-6-8-14-26(20)31(27-15-9-7-11-21(27)2)30-25-19-17-23-16-18-24(29-28(23)25)22-12-4-3-5-13-22/h3-16,18,25H,17,19H2,1-2H3. The summed E-state index contributed by atoms with van der Waals surface area (Å²) in [6.07, 6.45) is 2.02. The first-order valence-corrected chi connectivity index (χ1v) is 12.1. The third kappa shape index (κ3) is 4.06. The number of rotatable bonds is 5. The summed E-state index contributed by atoms with van der Waals surface area (Å²) in [6, 6.07) is 32.0. The van der Waals surface area contributed by atoms with Crippen LogP contribution in [0.25, 0.3) is 11.3 Å². The van der Waals surface area contributed by atoms with Crippen molar-refractivity contribution < 1.29 is 4.52 Å². The van der Waals surface area contributed by atoms with E-state index in [1.54, 1.807) is 0 Å². The van der Waals surface area contributed by atoms with Gasteiger partial charge >= 0.3 is 0 Å². The Kier molecular flexibility index (Phi) is 5.68. The van der Waals surface area contributed by atoms with Crippen LogP contribution in [0.15, 0.2) is 91.0 Å². The summed E-state index contributed by atoms with van der Waals surface area (Å²) < 4.78 is 6.96. The Morgan fingerprint density at radius 3 is 2.00 bits per heavy atom. The van der Waals surface area contributed by atoms with Gasteiger partial charge in [0, 0.05) is 16.2 Å². The maximum atomic E-state index is 6.96. The molecule has 0 saturated heterocycles. The van der Waals surface area contributed by atoms with Crippen LogP contribution in [-0.2, 0) is 10.9 Å². The minimum atomic E-state index is -0.932. The van der Waals surface area contributed by atoms with Crippen molar-refractivity contribution in [3.63, 3.8) is 0 Å². The highest BCUT2D eigenvalue weighted by molar-refractivity contribution is 7.68. The van der Waals surface area contributed by atoms with Gasteiger partial charge in [0.2, 0.25) is 0 Å². The average molecular weight is 423 g/mol. The van der Waals surface area contributed by atoms with Crippen molar-refractivity contribution in [2.24, 2.45) is 0 Å². The second-order valence-corrected chi connectivity index (χ2v) is 9.87. The van der Waals surface area contributed by atoms with Gasteiger partial charge in [-0.2, -0.15) is 0 Å². The van der Waals surface area contributed by atoms with Crippen molar-refractivity contribution in [3.05, 3.63) is 113 Å². The molecule has 4 aromatic rings. The molecule has 1 aliphatic carbocycles. The van der Waals surface area contributed by atoms with E-state index >= 15 is 0 Å². The molecule has 1 aliphatic rings. The van der Waals surface area contributed by atoms with Crippen molar-refractivity contribution >= 4 is 18.8 Å². The van der Waals surface area contributed by atoms with Crippen LogP contribution in [-0.4, -0.2) is 4.98 Å². The van der Waals surface area contributed by atoms with Crippen LogP contribution in [0, 0.1) is 13.8 Å². The summed E-state index contributed by atoms with van der Waals surface area (Å²) in [4.78, 5) is 5.08. The van der Waals surface area contributed by atoms with Crippen molar-refractivity contribution in [1.82, 2.24) is 4.98 Å². The number of fused-ring (bicyclic) bond motifs is 1. The molecule has 0 aliphatic heterocycles. The SMILES string of the molecule is Cc1ccccc1P(OC1CCc2ccc(-c3ccccc3)nc21)c1ccccc1C. The lowest BCUT2D eigenvalue weighted by molar-refractivity contribution is 0.234. The molecule has 2 nitrogen and oxygen atoms in total. The summed E-state index contributed by atoms with van der Waals surface area (Å²) in [6.45, 7) is 4.36. The van der Waals surface area contributed by atoms with E-state index in [0.717, 1.165) is 29.8 Å². The van der Waals surface area contributed by atoms with Gasteiger partial charge in [0.05, 0.1) is 19.5 Å². The Morgan fingerprint density at radius 2 is 1.35 bits per heavy atom. The lowest BCUT2D eigenvalue weighted by Crippen LogP contribution is -2.19. The van der Waals surface area contributed by atoms with E-state index < -0.39 is 8.15 Å². The van der Waals surface area contributed by atoms with Crippen LogP contribution in [0.3, 0.4) is 0 Å². The number of aromatic nitrogens is 1. The number of benzene rings is 3. The van der Waals surface area contributed by atoms with E-state index in [-0.39, 0.29) is 6.10 Å². The molecule has 1 heterocycles. The zero-order valence-electron chi connectivity index (χ0n) is 18.0. The largest absolute Gasteiger partial charge is 0.340 e. The molecule has 0 fully saturated rings. The van der Waals surface area contributed by atoms with Crippen LogP contribution in [0.5, 0.6) is 0 Å². The van der Waals surface area contributed by atoms with Gasteiger partial charge in [-0.05, 0) is 49.4 Å². The fraction of sp³-hybridized carbons (Fsp3) is 0.179. The second-order valence-electron chi connectivity index (χ2n) is 8.11. The molecule has 0 spiro atoms. The fourth-order valence-corrected chi connectivity index (χ4v) is 6.42. The normalized spacial score (nSPS) is 15.3. The van der Waals surface area contributed by atoms with Crippen LogP contribution >= 0.6 is 8.15 Å². The Hall–Kier alpha value is -2.80. The average Bonchev–Trinajstić information content (AvgIpc) is 3.21. The number of hydrogen-bond donors (Lipinski definition) is 0. The van der Waals surface area contributed by atoms with Gasteiger partial charge in [0.15, 0.2) is 0 Å². The van der Waals surface area contributed by atoms with E-state index in [2.05, 4.69) is 98.8 Å². The Labute approximate surface area is 185 Å². The number of nitrogens with zero attached hydrogens (tertiary/aromatic N) is 1.